The van der Waals surface area contributed by atoms with E-state index in [1.54, 1.807) is 5.57 Å². The Bertz CT molecular complexity index is 1350. The zero-order valence-electron chi connectivity index (χ0n) is 26.0. The maximum Gasteiger partial charge on any atom is 0.222 e. The van der Waals surface area contributed by atoms with Crippen molar-refractivity contribution in [1.82, 2.24) is 14.9 Å². The van der Waals surface area contributed by atoms with Crippen LogP contribution in [0.3, 0.4) is 0 Å². The lowest BCUT2D eigenvalue weighted by Gasteiger charge is -2.58. The molecule has 1 aliphatic heterocycles. The Kier molecular flexibility index (Phi) is 7.35. The van der Waals surface area contributed by atoms with E-state index >= 15 is 0 Å². The monoisotopic (exact) mass is 570 g/mol. The number of carbonyl (C=O) groups excluding carboxylic acids is 1. The summed E-state index contributed by atoms with van der Waals surface area (Å²) in [6.07, 6.45) is 19.4. The third-order valence-corrected chi connectivity index (χ3v) is 13.1. The van der Waals surface area contributed by atoms with Gasteiger partial charge < -0.3 is 14.9 Å². The molecule has 1 N–H and O–H groups in total. The Labute approximate surface area is 252 Å². The van der Waals surface area contributed by atoms with E-state index in [2.05, 4.69) is 46.6 Å². The largest absolute Gasteiger partial charge is 0.393 e. The number of allylic oxidation sites excluding steroid dienone is 1. The standard InChI is InChI=1S/C36H50N4O2/c1-24(4-9-33(42)39-18-20-40(21-19-39)34-29-23-37-16-12-25(29)13-17-38-34)30-7-8-31-28-6-5-26-22-27(41)10-14-35(26,2)32(28)11-15-36(30,31)3/h5,12-13,16-17,23-24,27-28,30-32,41H,4,6-11,14-15,18-22H2,1-3H3/t24?,27-,28-,30+,31-,32-,35-,36+/m0/s1. The highest BCUT2D eigenvalue weighted by Crippen LogP contribution is 2.67. The first kappa shape index (κ1) is 28.3. The van der Waals surface area contributed by atoms with Gasteiger partial charge in [0.2, 0.25) is 5.91 Å². The van der Waals surface area contributed by atoms with Crippen LogP contribution < -0.4 is 4.90 Å². The number of anilines is 1. The van der Waals surface area contributed by atoms with Crippen molar-refractivity contribution in [2.24, 2.45) is 40.4 Å². The molecule has 2 aromatic heterocycles. The van der Waals surface area contributed by atoms with Crippen LogP contribution in [0.4, 0.5) is 5.82 Å². The lowest BCUT2D eigenvalue weighted by Crippen LogP contribution is -2.51. The van der Waals surface area contributed by atoms with Gasteiger partial charge in [-0.25, -0.2) is 4.98 Å². The summed E-state index contributed by atoms with van der Waals surface area (Å²) in [4.78, 5) is 26.8. The molecule has 5 aliphatic rings. The summed E-state index contributed by atoms with van der Waals surface area (Å²) in [6.45, 7) is 10.8. The molecule has 42 heavy (non-hydrogen) atoms. The molecule has 3 saturated carbocycles. The highest BCUT2D eigenvalue weighted by molar-refractivity contribution is 5.91. The van der Waals surface area contributed by atoms with Crippen molar-refractivity contribution >= 4 is 22.5 Å². The van der Waals surface area contributed by atoms with Gasteiger partial charge in [-0.2, -0.15) is 0 Å². The predicted octanol–water partition coefficient (Wildman–Crippen LogP) is 6.63. The molecule has 1 amide bonds. The van der Waals surface area contributed by atoms with Crippen LogP contribution in [-0.4, -0.2) is 58.2 Å². The van der Waals surface area contributed by atoms with E-state index < -0.39 is 0 Å². The van der Waals surface area contributed by atoms with E-state index in [1.165, 1.54) is 32.1 Å². The zero-order valence-corrected chi connectivity index (χ0v) is 26.0. The Hall–Kier alpha value is -2.47. The number of aliphatic hydroxyl groups is 1. The van der Waals surface area contributed by atoms with E-state index in [4.69, 9.17) is 0 Å². The Morgan fingerprint density at radius 1 is 1.05 bits per heavy atom. The van der Waals surface area contributed by atoms with Crippen LogP contribution in [0.1, 0.15) is 85.0 Å². The zero-order chi connectivity index (χ0) is 29.1. The lowest BCUT2D eigenvalue weighted by atomic mass is 9.47. The average molecular weight is 571 g/mol. The van der Waals surface area contributed by atoms with Gasteiger partial charge in [0.15, 0.2) is 0 Å². The molecule has 4 fully saturated rings. The number of aliphatic hydroxyl groups excluding tert-OH is 1. The Morgan fingerprint density at radius 2 is 1.86 bits per heavy atom. The first-order valence-electron chi connectivity index (χ1n) is 16.9. The van der Waals surface area contributed by atoms with Crippen molar-refractivity contribution < 1.29 is 9.90 Å². The van der Waals surface area contributed by atoms with Crippen molar-refractivity contribution in [3.63, 3.8) is 0 Å². The van der Waals surface area contributed by atoms with E-state index in [9.17, 15) is 9.90 Å². The minimum Gasteiger partial charge on any atom is -0.393 e. The number of carbonyl (C=O) groups is 1. The molecule has 0 radical (unpaired) electrons. The van der Waals surface area contributed by atoms with Gasteiger partial charge in [-0.15, -0.1) is 0 Å². The predicted molar refractivity (Wildman–Crippen MR) is 168 cm³/mol. The van der Waals surface area contributed by atoms with Gasteiger partial charge >= 0.3 is 0 Å². The molecule has 8 atom stereocenters. The van der Waals surface area contributed by atoms with E-state index in [1.807, 2.05) is 30.7 Å². The number of fused-ring (bicyclic) bond motifs is 6. The smallest absolute Gasteiger partial charge is 0.222 e. The number of hydrogen-bond donors (Lipinski definition) is 1. The summed E-state index contributed by atoms with van der Waals surface area (Å²) in [7, 11) is 0. The van der Waals surface area contributed by atoms with Gasteiger partial charge in [0, 0.05) is 56.6 Å². The Morgan fingerprint density at radius 3 is 2.69 bits per heavy atom. The third kappa shape index (κ3) is 4.67. The van der Waals surface area contributed by atoms with Crippen molar-refractivity contribution in [1.29, 1.82) is 0 Å². The second-order valence-electron chi connectivity index (χ2n) is 15.0. The van der Waals surface area contributed by atoms with Gasteiger partial charge in [0.05, 0.1) is 6.10 Å². The van der Waals surface area contributed by atoms with E-state index in [-0.39, 0.29) is 6.10 Å². The fourth-order valence-corrected chi connectivity index (χ4v) is 10.7. The minimum atomic E-state index is -0.128. The molecular weight excluding hydrogens is 520 g/mol. The molecule has 4 aliphatic carbocycles. The van der Waals surface area contributed by atoms with Crippen LogP contribution in [0.2, 0.25) is 0 Å². The number of rotatable bonds is 5. The summed E-state index contributed by atoms with van der Waals surface area (Å²) >= 11 is 0. The van der Waals surface area contributed by atoms with Crippen molar-refractivity contribution in [3.8, 4) is 0 Å². The number of nitrogens with zero attached hydrogens (tertiary/aromatic N) is 4. The van der Waals surface area contributed by atoms with Crippen molar-refractivity contribution in [2.45, 2.75) is 91.1 Å². The summed E-state index contributed by atoms with van der Waals surface area (Å²) in [5.41, 5.74) is 2.29. The summed E-state index contributed by atoms with van der Waals surface area (Å²) in [5, 5.41) is 12.6. The van der Waals surface area contributed by atoms with Crippen LogP contribution in [0.15, 0.2) is 42.4 Å². The highest BCUT2D eigenvalue weighted by atomic mass is 16.3. The van der Waals surface area contributed by atoms with Gasteiger partial charge in [-0.3, -0.25) is 9.78 Å². The van der Waals surface area contributed by atoms with Crippen LogP contribution >= 0.6 is 0 Å². The average Bonchev–Trinajstić information content (AvgIpc) is 3.37. The highest BCUT2D eigenvalue weighted by Gasteiger charge is 2.59. The molecular formula is C36H50N4O2. The molecule has 1 saturated heterocycles. The molecule has 3 heterocycles. The molecule has 1 unspecified atom stereocenters. The van der Waals surface area contributed by atoms with Gasteiger partial charge in [0.25, 0.3) is 0 Å². The fraction of sp³-hybridized carbons (Fsp3) is 0.694. The van der Waals surface area contributed by atoms with E-state index in [0.717, 1.165) is 92.1 Å². The normalized spacial score (nSPS) is 37.0. The minimum absolute atomic E-state index is 0.128. The fourth-order valence-electron chi connectivity index (χ4n) is 10.7. The van der Waals surface area contributed by atoms with Gasteiger partial charge in [0.1, 0.15) is 5.82 Å². The molecule has 6 heteroatoms. The molecule has 6 nitrogen and oxygen atoms in total. The second kappa shape index (κ2) is 10.9. The third-order valence-electron chi connectivity index (χ3n) is 13.1. The summed E-state index contributed by atoms with van der Waals surface area (Å²) < 4.78 is 0. The number of piperazine rings is 1. The summed E-state index contributed by atoms with van der Waals surface area (Å²) in [5.74, 6) is 5.03. The topological polar surface area (TPSA) is 69.6 Å². The van der Waals surface area contributed by atoms with Crippen LogP contribution in [0.5, 0.6) is 0 Å². The van der Waals surface area contributed by atoms with Gasteiger partial charge in [-0.1, -0.05) is 32.4 Å². The van der Waals surface area contributed by atoms with Crippen LogP contribution in [0.25, 0.3) is 10.8 Å². The molecule has 7 rings (SSSR count). The lowest BCUT2D eigenvalue weighted by molar-refractivity contribution is -0.132. The van der Waals surface area contributed by atoms with Crippen LogP contribution in [0, 0.1) is 40.4 Å². The maximum absolute atomic E-state index is 13.4. The number of pyridine rings is 2. The number of aromatic nitrogens is 2. The maximum atomic E-state index is 13.4. The Balaban J connectivity index is 0.948. The van der Waals surface area contributed by atoms with E-state index in [0.29, 0.717) is 29.1 Å². The molecule has 0 aromatic carbocycles. The molecule has 2 aromatic rings. The van der Waals surface area contributed by atoms with Crippen LogP contribution in [-0.2, 0) is 4.79 Å². The number of hydrogen-bond acceptors (Lipinski definition) is 5. The van der Waals surface area contributed by atoms with Gasteiger partial charge in [-0.05, 0) is 116 Å². The SMILES string of the molecule is CC(CCC(=O)N1CCN(c2nccc3ccncc23)CC1)[C@H]1CC[C@H]2[C@@H]3CC=C4C[C@@H](O)CC[C@]4(C)[C@H]3CC[C@]12C. The second-order valence-corrected chi connectivity index (χ2v) is 15.0. The number of amides is 1. The molecule has 0 spiro atoms. The molecule has 0 bridgehead atoms. The van der Waals surface area contributed by atoms with Crippen molar-refractivity contribution in [3.05, 3.63) is 42.4 Å². The first-order valence-corrected chi connectivity index (χ1v) is 16.9. The molecule has 226 valence electrons. The summed E-state index contributed by atoms with van der Waals surface area (Å²) in [6, 6.07) is 4.07. The quantitative estimate of drug-likeness (QED) is 0.409. The van der Waals surface area contributed by atoms with Crippen molar-refractivity contribution in [2.75, 3.05) is 31.1 Å². The first-order chi connectivity index (χ1) is 20.3.